The zero-order chi connectivity index (χ0) is 13.9. The molecule has 17 heavy (non-hydrogen) atoms. The first-order valence-corrected chi connectivity index (χ1v) is 5.44. The molecule has 0 saturated heterocycles. The van der Waals surface area contributed by atoms with E-state index in [-0.39, 0.29) is 6.42 Å². The third kappa shape index (κ3) is 5.53. The van der Waals surface area contributed by atoms with Crippen molar-refractivity contribution in [1.82, 2.24) is 5.32 Å². The average molecular weight is 247 g/mol. The summed E-state index contributed by atoms with van der Waals surface area (Å²) in [5.74, 6) is -1.30. The first kappa shape index (κ1) is 15.7. The largest absolute Gasteiger partial charge is 0.480 e. The van der Waals surface area contributed by atoms with E-state index in [0.29, 0.717) is 0 Å². The number of aliphatic hydroxyl groups is 1. The number of alkyl carbamates (subject to hydrolysis) is 1. The lowest BCUT2D eigenvalue weighted by atomic mass is 9.94. The molecule has 3 N–H and O–H groups in total. The molecule has 0 heterocycles. The van der Waals surface area contributed by atoms with E-state index in [4.69, 9.17) is 9.84 Å². The zero-order valence-corrected chi connectivity index (χ0v) is 10.9. The maximum Gasteiger partial charge on any atom is 0.408 e. The smallest absolute Gasteiger partial charge is 0.408 e. The first-order chi connectivity index (χ1) is 7.49. The lowest BCUT2D eigenvalue weighted by Gasteiger charge is -2.30. The van der Waals surface area contributed by atoms with E-state index in [9.17, 15) is 14.7 Å². The molecule has 0 unspecified atom stereocenters. The summed E-state index contributed by atoms with van der Waals surface area (Å²) in [6.45, 7) is 7.98. The maximum absolute atomic E-state index is 11.4. The molecule has 100 valence electrons. The van der Waals surface area contributed by atoms with E-state index in [1.807, 2.05) is 0 Å². The topological polar surface area (TPSA) is 95.9 Å². The summed E-state index contributed by atoms with van der Waals surface area (Å²) in [5, 5.41) is 21.0. The number of carbonyl (C=O) groups is 2. The monoisotopic (exact) mass is 247 g/mol. The molecule has 2 atom stereocenters. The van der Waals surface area contributed by atoms with Crippen LogP contribution in [0.2, 0.25) is 0 Å². The van der Waals surface area contributed by atoms with Gasteiger partial charge < -0.3 is 20.3 Å². The summed E-state index contributed by atoms with van der Waals surface area (Å²) in [5.41, 5.74) is -2.24. The molecule has 0 radical (unpaired) electrons. The zero-order valence-electron chi connectivity index (χ0n) is 10.9. The second-order valence-electron chi connectivity index (χ2n) is 5.13. The van der Waals surface area contributed by atoms with Crippen LogP contribution in [-0.2, 0) is 9.53 Å². The fourth-order valence-corrected chi connectivity index (χ4v) is 1.11. The Morgan fingerprint density at radius 2 is 1.76 bits per heavy atom. The molecule has 0 fully saturated rings. The van der Waals surface area contributed by atoms with E-state index in [1.54, 1.807) is 27.7 Å². The minimum atomic E-state index is -1.53. The molecule has 0 aliphatic carbocycles. The molecule has 6 heteroatoms. The lowest BCUT2D eigenvalue weighted by Crippen LogP contribution is -2.56. The first-order valence-electron chi connectivity index (χ1n) is 5.44. The Morgan fingerprint density at radius 3 is 2.06 bits per heavy atom. The number of rotatable bonds is 4. The number of carboxylic acid groups (broad SMARTS) is 1. The minimum Gasteiger partial charge on any atom is -0.480 e. The highest BCUT2D eigenvalue weighted by Crippen LogP contribution is 2.15. The highest BCUT2D eigenvalue weighted by Gasteiger charge is 2.38. The van der Waals surface area contributed by atoms with Gasteiger partial charge in [0.15, 0.2) is 6.04 Å². The van der Waals surface area contributed by atoms with Gasteiger partial charge in [0, 0.05) is 0 Å². The van der Waals surface area contributed by atoms with Gasteiger partial charge in [-0.1, -0.05) is 6.92 Å². The van der Waals surface area contributed by atoms with Gasteiger partial charge in [-0.05, 0) is 34.1 Å². The van der Waals surface area contributed by atoms with Crippen LogP contribution in [-0.4, -0.2) is 39.5 Å². The molecule has 0 aromatic rings. The Balaban J connectivity index is 4.69. The number of amides is 1. The molecule has 0 aliphatic heterocycles. The number of hydrogen-bond donors (Lipinski definition) is 3. The Bertz CT molecular complexity index is 293. The maximum atomic E-state index is 11.4. The molecule has 0 aromatic carbocycles. The molecular formula is C11H21NO5. The predicted octanol–water partition coefficient (Wildman–Crippen LogP) is 1.13. The summed E-state index contributed by atoms with van der Waals surface area (Å²) in [6.07, 6.45) is -0.668. The van der Waals surface area contributed by atoms with Crippen LogP contribution in [0.3, 0.4) is 0 Å². The number of hydrogen-bond acceptors (Lipinski definition) is 4. The Morgan fingerprint density at radius 1 is 1.29 bits per heavy atom. The van der Waals surface area contributed by atoms with Gasteiger partial charge in [0.1, 0.15) is 5.60 Å². The van der Waals surface area contributed by atoms with Crippen LogP contribution in [0.15, 0.2) is 0 Å². The van der Waals surface area contributed by atoms with Crippen molar-refractivity contribution in [3.63, 3.8) is 0 Å². The standard InChI is InChI=1S/C11H21NO5/c1-6-11(5,16)7(8(13)14)12-9(15)17-10(2,3)4/h7,16H,6H2,1-5H3,(H,12,15)(H,13,14)/t7-,11+/m1/s1. The van der Waals surface area contributed by atoms with Gasteiger partial charge in [0.05, 0.1) is 5.60 Å². The molecule has 0 rings (SSSR count). The minimum absolute atomic E-state index is 0.194. The van der Waals surface area contributed by atoms with Crippen molar-refractivity contribution in [1.29, 1.82) is 0 Å². The number of carboxylic acids is 1. The fourth-order valence-electron chi connectivity index (χ4n) is 1.11. The molecule has 0 spiro atoms. The summed E-state index contributed by atoms with van der Waals surface area (Å²) in [6, 6.07) is -1.40. The molecule has 0 saturated carbocycles. The van der Waals surface area contributed by atoms with E-state index in [1.165, 1.54) is 6.92 Å². The normalized spacial score (nSPS) is 16.8. The average Bonchev–Trinajstić information content (AvgIpc) is 2.10. The van der Waals surface area contributed by atoms with Crippen molar-refractivity contribution in [2.75, 3.05) is 0 Å². The van der Waals surface area contributed by atoms with Crippen LogP contribution in [0.1, 0.15) is 41.0 Å². The SMILES string of the molecule is CC[C@](C)(O)[C@H](NC(=O)OC(C)(C)C)C(=O)O. The van der Waals surface area contributed by atoms with E-state index in [0.717, 1.165) is 0 Å². The summed E-state index contributed by atoms with van der Waals surface area (Å²) in [7, 11) is 0. The quantitative estimate of drug-likeness (QED) is 0.692. The Kier molecular flexibility index (Phi) is 4.94. The highest BCUT2D eigenvalue weighted by atomic mass is 16.6. The predicted molar refractivity (Wildman–Crippen MR) is 61.7 cm³/mol. The second kappa shape index (κ2) is 5.35. The number of ether oxygens (including phenoxy) is 1. The van der Waals surface area contributed by atoms with Crippen molar-refractivity contribution in [2.24, 2.45) is 0 Å². The highest BCUT2D eigenvalue weighted by molar-refractivity contribution is 5.81. The molecule has 0 aromatic heterocycles. The third-order valence-electron chi connectivity index (χ3n) is 2.25. The second-order valence-corrected chi connectivity index (χ2v) is 5.13. The van der Waals surface area contributed by atoms with Crippen LogP contribution in [0.25, 0.3) is 0 Å². The Labute approximate surface area is 101 Å². The van der Waals surface area contributed by atoms with Crippen LogP contribution in [0.4, 0.5) is 4.79 Å². The van der Waals surface area contributed by atoms with Gasteiger partial charge in [0.2, 0.25) is 0 Å². The van der Waals surface area contributed by atoms with Crippen LogP contribution < -0.4 is 5.32 Å². The molecule has 6 nitrogen and oxygen atoms in total. The summed E-state index contributed by atoms with van der Waals surface area (Å²) < 4.78 is 4.93. The van der Waals surface area contributed by atoms with Crippen molar-refractivity contribution in [2.45, 2.75) is 58.3 Å². The van der Waals surface area contributed by atoms with Crippen molar-refractivity contribution in [3.8, 4) is 0 Å². The molecule has 0 bridgehead atoms. The fraction of sp³-hybridized carbons (Fsp3) is 0.818. The number of aliphatic carboxylic acids is 1. The van der Waals surface area contributed by atoms with Gasteiger partial charge in [0.25, 0.3) is 0 Å². The van der Waals surface area contributed by atoms with E-state index >= 15 is 0 Å². The summed E-state index contributed by atoms with van der Waals surface area (Å²) >= 11 is 0. The van der Waals surface area contributed by atoms with Gasteiger partial charge in [-0.2, -0.15) is 0 Å². The van der Waals surface area contributed by atoms with Crippen LogP contribution in [0, 0.1) is 0 Å². The summed E-state index contributed by atoms with van der Waals surface area (Å²) in [4.78, 5) is 22.4. The number of carbonyl (C=O) groups excluding carboxylic acids is 1. The molecule has 0 aliphatic rings. The van der Waals surface area contributed by atoms with Gasteiger partial charge in [-0.3, -0.25) is 0 Å². The Hall–Kier alpha value is -1.30. The molecular weight excluding hydrogens is 226 g/mol. The van der Waals surface area contributed by atoms with Crippen LogP contribution in [0.5, 0.6) is 0 Å². The van der Waals surface area contributed by atoms with Crippen LogP contribution >= 0.6 is 0 Å². The van der Waals surface area contributed by atoms with Crippen molar-refractivity contribution < 1.29 is 24.5 Å². The lowest BCUT2D eigenvalue weighted by molar-refractivity contribution is -0.146. The number of nitrogens with one attached hydrogen (secondary N) is 1. The van der Waals surface area contributed by atoms with E-state index < -0.39 is 29.3 Å². The van der Waals surface area contributed by atoms with Gasteiger partial charge >= 0.3 is 12.1 Å². The van der Waals surface area contributed by atoms with Crippen molar-refractivity contribution in [3.05, 3.63) is 0 Å². The van der Waals surface area contributed by atoms with Gasteiger partial charge in [-0.25, -0.2) is 9.59 Å². The van der Waals surface area contributed by atoms with Gasteiger partial charge in [-0.15, -0.1) is 0 Å². The molecule has 1 amide bonds. The van der Waals surface area contributed by atoms with E-state index in [2.05, 4.69) is 5.32 Å². The van der Waals surface area contributed by atoms with Crippen molar-refractivity contribution >= 4 is 12.1 Å². The third-order valence-corrected chi connectivity index (χ3v) is 2.25.